The van der Waals surface area contributed by atoms with Crippen LogP contribution in [0.2, 0.25) is 0 Å². The number of aliphatic imine (C=N–C) groups is 1. The van der Waals surface area contributed by atoms with Crippen molar-refractivity contribution in [2.24, 2.45) is 4.99 Å². The summed E-state index contributed by atoms with van der Waals surface area (Å²) in [5.74, 6) is 1.02. The number of benzene rings is 1. The molecule has 0 fully saturated rings. The fourth-order valence-corrected chi connectivity index (χ4v) is 1.94. The SMILES string of the molecule is C=C/C=C\C(=C)c1ccccc1NCC1=NCCN1. The third-order valence-electron chi connectivity index (χ3n) is 2.90. The number of hydrogen-bond acceptors (Lipinski definition) is 3. The van der Waals surface area contributed by atoms with Crippen LogP contribution in [0.4, 0.5) is 5.69 Å². The molecule has 0 radical (unpaired) electrons. The molecule has 0 saturated carbocycles. The Morgan fingerprint density at radius 3 is 3.00 bits per heavy atom. The number of amidine groups is 1. The number of para-hydroxylation sites is 1. The van der Waals surface area contributed by atoms with Crippen LogP contribution in [0.3, 0.4) is 0 Å². The summed E-state index contributed by atoms with van der Waals surface area (Å²) in [5.41, 5.74) is 3.13. The lowest BCUT2D eigenvalue weighted by molar-refractivity contribution is 0.956. The fraction of sp³-hybridized carbons (Fsp3) is 0.188. The maximum atomic E-state index is 4.37. The lowest BCUT2D eigenvalue weighted by Crippen LogP contribution is -2.26. The average molecular weight is 253 g/mol. The zero-order valence-electron chi connectivity index (χ0n) is 11.0. The Morgan fingerprint density at radius 1 is 1.42 bits per heavy atom. The van der Waals surface area contributed by atoms with Gasteiger partial charge in [-0.1, -0.05) is 49.6 Å². The molecule has 2 rings (SSSR count). The molecule has 0 amide bonds. The van der Waals surface area contributed by atoms with Crippen LogP contribution in [0.5, 0.6) is 0 Å². The second-order valence-electron chi connectivity index (χ2n) is 4.27. The average Bonchev–Trinajstić information content (AvgIpc) is 2.96. The third kappa shape index (κ3) is 3.58. The van der Waals surface area contributed by atoms with Crippen molar-refractivity contribution in [2.45, 2.75) is 0 Å². The van der Waals surface area contributed by atoms with E-state index in [0.29, 0.717) is 0 Å². The summed E-state index contributed by atoms with van der Waals surface area (Å²) in [6, 6.07) is 8.14. The number of rotatable bonds is 6. The highest BCUT2D eigenvalue weighted by molar-refractivity contribution is 5.89. The predicted molar refractivity (Wildman–Crippen MR) is 83.6 cm³/mol. The largest absolute Gasteiger partial charge is 0.377 e. The predicted octanol–water partition coefficient (Wildman–Crippen LogP) is 2.86. The monoisotopic (exact) mass is 253 g/mol. The van der Waals surface area contributed by atoms with E-state index in [1.807, 2.05) is 24.3 Å². The summed E-state index contributed by atoms with van der Waals surface area (Å²) >= 11 is 0. The van der Waals surface area contributed by atoms with E-state index in [-0.39, 0.29) is 0 Å². The second-order valence-corrected chi connectivity index (χ2v) is 4.27. The number of nitrogens with zero attached hydrogens (tertiary/aromatic N) is 1. The van der Waals surface area contributed by atoms with Crippen LogP contribution >= 0.6 is 0 Å². The molecule has 0 aliphatic carbocycles. The third-order valence-corrected chi connectivity index (χ3v) is 2.90. The Morgan fingerprint density at radius 2 is 2.26 bits per heavy atom. The molecule has 1 aromatic carbocycles. The zero-order valence-corrected chi connectivity index (χ0v) is 11.0. The van der Waals surface area contributed by atoms with E-state index < -0.39 is 0 Å². The highest BCUT2D eigenvalue weighted by Gasteiger charge is 2.07. The zero-order chi connectivity index (χ0) is 13.5. The molecule has 3 nitrogen and oxygen atoms in total. The van der Waals surface area contributed by atoms with Crippen molar-refractivity contribution in [3.05, 3.63) is 61.2 Å². The van der Waals surface area contributed by atoms with Crippen molar-refractivity contribution in [1.29, 1.82) is 0 Å². The van der Waals surface area contributed by atoms with Gasteiger partial charge < -0.3 is 10.6 Å². The van der Waals surface area contributed by atoms with Gasteiger partial charge in [0.05, 0.1) is 13.1 Å². The highest BCUT2D eigenvalue weighted by Crippen LogP contribution is 2.23. The van der Waals surface area contributed by atoms with Gasteiger partial charge in [-0.2, -0.15) is 0 Å². The second kappa shape index (κ2) is 6.59. The molecule has 1 aromatic rings. The minimum absolute atomic E-state index is 0.718. The Kier molecular flexibility index (Phi) is 4.56. The molecule has 3 heteroatoms. The topological polar surface area (TPSA) is 36.4 Å². The van der Waals surface area contributed by atoms with Gasteiger partial charge in [-0.15, -0.1) is 0 Å². The maximum absolute atomic E-state index is 4.37. The molecule has 0 bridgehead atoms. The van der Waals surface area contributed by atoms with Gasteiger partial charge in [0.1, 0.15) is 5.84 Å². The molecule has 0 saturated heterocycles. The van der Waals surface area contributed by atoms with Crippen molar-refractivity contribution >= 4 is 17.1 Å². The smallest absolute Gasteiger partial charge is 0.116 e. The molecule has 1 heterocycles. The van der Waals surface area contributed by atoms with Gasteiger partial charge in [0.15, 0.2) is 0 Å². The first-order chi connectivity index (χ1) is 9.31. The summed E-state index contributed by atoms with van der Waals surface area (Å²) in [5, 5.41) is 6.65. The summed E-state index contributed by atoms with van der Waals surface area (Å²) in [6.45, 7) is 10.3. The molecule has 19 heavy (non-hydrogen) atoms. The number of hydrogen-bond donors (Lipinski definition) is 2. The van der Waals surface area contributed by atoms with Crippen LogP contribution in [0.25, 0.3) is 5.57 Å². The first kappa shape index (κ1) is 13.1. The van der Waals surface area contributed by atoms with Crippen LogP contribution in [0.15, 0.2) is 60.6 Å². The molecular formula is C16H19N3. The van der Waals surface area contributed by atoms with Crippen molar-refractivity contribution in [2.75, 3.05) is 25.0 Å². The molecule has 1 aliphatic heterocycles. The fourth-order valence-electron chi connectivity index (χ4n) is 1.94. The summed E-state index contributed by atoms with van der Waals surface area (Å²) in [4.78, 5) is 4.37. The number of allylic oxidation sites excluding steroid dienone is 4. The molecule has 1 aliphatic rings. The van der Waals surface area contributed by atoms with Crippen LogP contribution in [0, 0.1) is 0 Å². The van der Waals surface area contributed by atoms with Gasteiger partial charge in [-0.25, -0.2) is 0 Å². The lowest BCUT2D eigenvalue weighted by Gasteiger charge is -2.12. The van der Waals surface area contributed by atoms with Crippen LogP contribution in [0.1, 0.15) is 5.56 Å². The Labute approximate surface area is 114 Å². The van der Waals surface area contributed by atoms with E-state index in [2.05, 4.69) is 40.9 Å². The van der Waals surface area contributed by atoms with Gasteiger partial charge in [-0.3, -0.25) is 4.99 Å². The minimum Gasteiger partial charge on any atom is -0.377 e. The molecule has 98 valence electrons. The summed E-state index contributed by atoms with van der Waals surface area (Å²) in [6.07, 6.45) is 5.60. The standard InChI is InChI=1S/C16H19N3/c1-3-4-7-13(2)14-8-5-6-9-15(14)19-12-16-17-10-11-18-16/h3-9,19H,1-2,10-12H2,(H,17,18)/b7-4-. The van der Waals surface area contributed by atoms with Gasteiger partial charge in [0.25, 0.3) is 0 Å². The van der Waals surface area contributed by atoms with Crippen molar-refractivity contribution in [3.8, 4) is 0 Å². The summed E-state index contributed by atoms with van der Waals surface area (Å²) < 4.78 is 0. The van der Waals surface area contributed by atoms with E-state index in [1.54, 1.807) is 6.08 Å². The molecular weight excluding hydrogens is 234 g/mol. The van der Waals surface area contributed by atoms with Gasteiger partial charge in [-0.05, 0) is 11.6 Å². The Hall–Kier alpha value is -2.29. The van der Waals surface area contributed by atoms with Crippen LogP contribution in [-0.2, 0) is 0 Å². The minimum atomic E-state index is 0.718. The van der Waals surface area contributed by atoms with E-state index in [0.717, 1.165) is 42.3 Å². The van der Waals surface area contributed by atoms with Crippen molar-refractivity contribution < 1.29 is 0 Å². The highest BCUT2D eigenvalue weighted by atomic mass is 15.1. The van der Waals surface area contributed by atoms with Crippen molar-refractivity contribution in [1.82, 2.24) is 5.32 Å². The first-order valence-corrected chi connectivity index (χ1v) is 6.39. The maximum Gasteiger partial charge on any atom is 0.116 e. The van der Waals surface area contributed by atoms with Gasteiger partial charge >= 0.3 is 0 Å². The van der Waals surface area contributed by atoms with Crippen LogP contribution in [-0.4, -0.2) is 25.5 Å². The Balaban J connectivity index is 2.09. The molecule has 2 N–H and O–H groups in total. The lowest BCUT2D eigenvalue weighted by atomic mass is 10.0. The van der Waals surface area contributed by atoms with Gasteiger partial charge in [0.2, 0.25) is 0 Å². The Bertz CT molecular complexity index is 527. The van der Waals surface area contributed by atoms with E-state index >= 15 is 0 Å². The quantitative estimate of drug-likeness (QED) is 0.765. The van der Waals surface area contributed by atoms with E-state index in [1.165, 1.54) is 0 Å². The molecule has 0 unspecified atom stereocenters. The molecule has 0 atom stereocenters. The summed E-state index contributed by atoms with van der Waals surface area (Å²) in [7, 11) is 0. The van der Waals surface area contributed by atoms with Crippen molar-refractivity contribution in [3.63, 3.8) is 0 Å². The van der Waals surface area contributed by atoms with Crippen LogP contribution < -0.4 is 10.6 Å². The van der Waals surface area contributed by atoms with E-state index in [4.69, 9.17) is 0 Å². The number of anilines is 1. The van der Waals surface area contributed by atoms with E-state index in [9.17, 15) is 0 Å². The normalized spacial score (nSPS) is 14.0. The number of nitrogens with one attached hydrogen (secondary N) is 2. The molecule has 0 aromatic heterocycles. The first-order valence-electron chi connectivity index (χ1n) is 6.39. The van der Waals surface area contributed by atoms with Gasteiger partial charge in [0, 0.05) is 17.8 Å². The molecule has 0 spiro atoms.